The van der Waals surface area contributed by atoms with Crippen molar-refractivity contribution in [1.29, 1.82) is 0 Å². The van der Waals surface area contributed by atoms with Crippen molar-refractivity contribution in [2.45, 2.75) is 6.54 Å². The molecule has 2 heterocycles. The molecule has 0 fully saturated rings. The number of carbonyl (C=O) groups excluding carboxylic acids is 2. The van der Waals surface area contributed by atoms with Crippen molar-refractivity contribution in [1.82, 2.24) is 25.4 Å². The first kappa shape index (κ1) is 21.7. The van der Waals surface area contributed by atoms with Crippen LogP contribution in [0.25, 0.3) is 22.3 Å². The molecular formula is C25H20FN5O2. The molecule has 8 heteroatoms. The number of fused-ring (bicyclic) bond motifs is 1. The van der Waals surface area contributed by atoms with Gasteiger partial charge in [0, 0.05) is 5.56 Å². The van der Waals surface area contributed by atoms with Gasteiger partial charge < -0.3 is 10.6 Å². The Kier molecular flexibility index (Phi) is 6.41. The maximum atomic E-state index is 13.7. The predicted octanol–water partition coefficient (Wildman–Crippen LogP) is 2.76. The lowest BCUT2D eigenvalue weighted by molar-refractivity contribution is -0.119. The van der Waals surface area contributed by atoms with Crippen LogP contribution in [0.4, 0.5) is 4.39 Å². The van der Waals surface area contributed by atoms with E-state index >= 15 is 0 Å². The zero-order valence-electron chi connectivity index (χ0n) is 17.6. The van der Waals surface area contributed by atoms with Gasteiger partial charge in [0.05, 0.1) is 42.5 Å². The lowest BCUT2D eigenvalue weighted by Gasteiger charge is -2.10. The molecule has 0 saturated heterocycles. The Morgan fingerprint density at radius 1 is 1.06 bits per heavy atom. The number of nitrogens with zero attached hydrogens (tertiary/aromatic N) is 3. The van der Waals surface area contributed by atoms with Crippen molar-refractivity contribution in [3.05, 3.63) is 83.8 Å². The zero-order chi connectivity index (χ0) is 23.2. The number of hydrogen-bond acceptors (Lipinski definition) is 4. The summed E-state index contributed by atoms with van der Waals surface area (Å²) in [4.78, 5) is 29.6. The molecule has 2 aromatic carbocycles. The summed E-state index contributed by atoms with van der Waals surface area (Å²) in [7, 11) is 0. The topological polar surface area (TPSA) is 88.9 Å². The molecule has 2 amide bonds. The second-order valence-electron chi connectivity index (χ2n) is 7.25. The number of amides is 2. The summed E-state index contributed by atoms with van der Waals surface area (Å²) in [6.07, 6.45) is 6.68. The number of nitrogens with one attached hydrogen (secondary N) is 2. The molecule has 4 aromatic rings. The van der Waals surface area contributed by atoms with Crippen LogP contribution < -0.4 is 10.6 Å². The molecule has 0 saturated carbocycles. The van der Waals surface area contributed by atoms with Crippen molar-refractivity contribution < 1.29 is 14.0 Å². The summed E-state index contributed by atoms with van der Waals surface area (Å²) in [6, 6.07) is 17.3. The fourth-order valence-electron chi connectivity index (χ4n) is 3.38. The Labute approximate surface area is 189 Å². The minimum Gasteiger partial charge on any atom is -0.344 e. The third-order valence-corrected chi connectivity index (χ3v) is 4.94. The first-order valence-corrected chi connectivity index (χ1v) is 10.2. The van der Waals surface area contributed by atoms with Gasteiger partial charge in [0.1, 0.15) is 5.82 Å². The van der Waals surface area contributed by atoms with Crippen LogP contribution in [0.1, 0.15) is 15.9 Å². The van der Waals surface area contributed by atoms with E-state index in [1.165, 1.54) is 12.1 Å². The third kappa shape index (κ3) is 5.05. The highest BCUT2D eigenvalue weighted by atomic mass is 19.1. The Balaban J connectivity index is 1.72. The van der Waals surface area contributed by atoms with Gasteiger partial charge in [-0.05, 0) is 23.8 Å². The van der Waals surface area contributed by atoms with Crippen molar-refractivity contribution in [3.8, 4) is 23.6 Å². The van der Waals surface area contributed by atoms with Crippen molar-refractivity contribution in [2.75, 3.05) is 13.1 Å². The Morgan fingerprint density at radius 2 is 1.88 bits per heavy atom. The van der Waals surface area contributed by atoms with E-state index in [-0.39, 0.29) is 25.5 Å². The fraction of sp³-hybridized carbons (Fsp3) is 0.120. The van der Waals surface area contributed by atoms with Gasteiger partial charge in [-0.1, -0.05) is 48.4 Å². The highest BCUT2D eigenvalue weighted by molar-refractivity contribution is 6.07. The highest BCUT2D eigenvalue weighted by Crippen LogP contribution is 2.25. The molecule has 0 radical (unpaired) electrons. The number of pyridine rings is 1. The van der Waals surface area contributed by atoms with E-state index in [1.807, 2.05) is 30.3 Å². The van der Waals surface area contributed by atoms with E-state index < -0.39 is 11.8 Å². The first-order valence-electron chi connectivity index (χ1n) is 10.2. The van der Waals surface area contributed by atoms with Gasteiger partial charge in [-0.15, -0.1) is 6.42 Å². The van der Waals surface area contributed by atoms with Crippen LogP contribution in [-0.4, -0.2) is 39.7 Å². The standard InChI is InChI=1S/C25H20FN5O2/c1-2-11-27-23(32)15-28-25(33)20-13-22(18-8-4-3-5-9-18)30-24-21(20)14-29-31(24)16-17-7-6-10-19(26)12-17/h1,3-10,12-14H,11,15-16H2,(H,27,32)(H,28,33). The molecule has 164 valence electrons. The van der Waals surface area contributed by atoms with E-state index in [4.69, 9.17) is 11.4 Å². The molecule has 4 rings (SSSR count). The van der Waals surface area contributed by atoms with Gasteiger partial charge in [0.15, 0.2) is 5.65 Å². The number of aromatic nitrogens is 3. The highest BCUT2D eigenvalue weighted by Gasteiger charge is 2.18. The fourth-order valence-corrected chi connectivity index (χ4v) is 3.38. The van der Waals surface area contributed by atoms with Gasteiger partial charge in [-0.2, -0.15) is 5.10 Å². The van der Waals surface area contributed by atoms with Crippen molar-refractivity contribution >= 4 is 22.8 Å². The number of halogens is 1. The molecule has 0 spiro atoms. The Hall–Kier alpha value is -4.51. The number of terminal acetylenes is 1. The Morgan fingerprint density at radius 3 is 2.64 bits per heavy atom. The maximum Gasteiger partial charge on any atom is 0.252 e. The van der Waals surface area contributed by atoms with Gasteiger partial charge in [0.25, 0.3) is 5.91 Å². The SMILES string of the molecule is C#CCNC(=O)CNC(=O)c1cc(-c2ccccc2)nc2c1cnn2Cc1cccc(F)c1. The smallest absolute Gasteiger partial charge is 0.252 e. The van der Waals surface area contributed by atoms with Crippen LogP contribution in [0.2, 0.25) is 0 Å². The van der Waals surface area contributed by atoms with Crippen LogP contribution in [0.5, 0.6) is 0 Å². The summed E-state index contributed by atoms with van der Waals surface area (Å²) < 4.78 is 15.3. The number of carbonyl (C=O) groups is 2. The second-order valence-corrected chi connectivity index (χ2v) is 7.25. The van der Waals surface area contributed by atoms with Gasteiger partial charge in [-0.3, -0.25) is 9.59 Å². The average molecular weight is 441 g/mol. The van der Waals surface area contributed by atoms with Gasteiger partial charge in [0.2, 0.25) is 5.91 Å². The van der Waals surface area contributed by atoms with Crippen LogP contribution in [0, 0.1) is 18.2 Å². The monoisotopic (exact) mass is 441 g/mol. The van der Waals surface area contributed by atoms with Crippen LogP contribution in [0.15, 0.2) is 66.9 Å². The largest absolute Gasteiger partial charge is 0.344 e. The van der Waals surface area contributed by atoms with Crippen molar-refractivity contribution in [3.63, 3.8) is 0 Å². The summed E-state index contributed by atoms with van der Waals surface area (Å²) in [5.41, 5.74) is 2.91. The average Bonchev–Trinajstić information content (AvgIpc) is 3.23. The quantitative estimate of drug-likeness (QED) is 0.432. The molecule has 0 aliphatic rings. The van der Waals surface area contributed by atoms with Crippen molar-refractivity contribution in [2.24, 2.45) is 0 Å². The number of hydrogen-bond donors (Lipinski definition) is 2. The van der Waals surface area contributed by atoms with E-state index in [0.29, 0.717) is 27.9 Å². The van der Waals surface area contributed by atoms with Gasteiger partial charge >= 0.3 is 0 Å². The van der Waals surface area contributed by atoms with Crippen LogP contribution in [-0.2, 0) is 11.3 Å². The second kappa shape index (κ2) is 9.75. The third-order valence-electron chi connectivity index (χ3n) is 4.94. The molecule has 7 nitrogen and oxygen atoms in total. The summed E-state index contributed by atoms with van der Waals surface area (Å²) in [5.74, 6) is 1.13. The molecular weight excluding hydrogens is 421 g/mol. The number of rotatable bonds is 7. The Bertz CT molecular complexity index is 1360. The predicted molar refractivity (Wildman–Crippen MR) is 123 cm³/mol. The molecule has 0 atom stereocenters. The molecule has 0 aliphatic heterocycles. The lowest BCUT2D eigenvalue weighted by atomic mass is 10.1. The molecule has 2 N–H and O–H groups in total. The molecule has 0 bridgehead atoms. The first-order chi connectivity index (χ1) is 16.0. The zero-order valence-corrected chi connectivity index (χ0v) is 17.6. The molecule has 0 unspecified atom stereocenters. The molecule has 33 heavy (non-hydrogen) atoms. The minimum atomic E-state index is -0.444. The minimum absolute atomic E-state index is 0.0826. The maximum absolute atomic E-state index is 13.7. The lowest BCUT2D eigenvalue weighted by Crippen LogP contribution is -2.37. The van der Waals surface area contributed by atoms with Crippen LogP contribution in [0.3, 0.4) is 0 Å². The van der Waals surface area contributed by atoms with E-state index in [9.17, 15) is 14.0 Å². The van der Waals surface area contributed by atoms with E-state index in [1.54, 1.807) is 29.1 Å². The summed E-state index contributed by atoms with van der Waals surface area (Å²) in [5, 5.41) is 10.0. The normalized spacial score (nSPS) is 10.5. The van der Waals surface area contributed by atoms with E-state index in [0.717, 1.165) is 5.56 Å². The molecule has 2 aromatic heterocycles. The molecule has 0 aliphatic carbocycles. The summed E-state index contributed by atoms with van der Waals surface area (Å²) >= 11 is 0. The number of benzene rings is 2. The van der Waals surface area contributed by atoms with E-state index in [2.05, 4.69) is 21.7 Å². The van der Waals surface area contributed by atoms with Crippen LogP contribution >= 0.6 is 0 Å². The van der Waals surface area contributed by atoms with Gasteiger partial charge in [-0.25, -0.2) is 14.1 Å². The summed E-state index contributed by atoms with van der Waals surface area (Å²) in [6.45, 7) is 0.143.